The van der Waals surface area contributed by atoms with Gasteiger partial charge in [0.15, 0.2) is 5.02 Å². The molecule has 28 heavy (non-hydrogen) atoms. The van der Waals surface area contributed by atoms with Crippen LogP contribution in [0.5, 0.6) is 0 Å². The zero-order chi connectivity index (χ0) is 18.6. The number of rotatable bonds is 4. The highest BCUT2D eigenvalue weighted by atomic mass is 35.5. The van der Waals surface area contributed by atoms with Gasteiger partial charge in [-0.05, 0) is 64.1 Å². The van der Waals surface area contributed by atoms with Gasteiger partial charge in [0.2, 0.25) is 11.0 Å². The highest BCUT2D eigenvalue weighted by Crippen LogP contribution is 2.29. The summed E-state index contributed by atoms with van der Waals surface area (Å²) in [6.45, 7) is 0. The van der Waals surface area contributed by atoms with E-state index in [0.717, 1.165) is 16.8 Å². The summed E-state index contributed by atoms with van der Waals surface area (Å²) in [5.74, 6) is 0.868. The Hall–Kier alpha value is -2.73. The molecule has 0 aliphatic carbocycles. The number of hydrogen-bond donors (Lipinski definition) is 1. The molecule has 0 unspecified atom stereocenters. The number of nitrogens with zero attached hydrogens (tertiary/aromatic N) is 4. The van der Waals surface area contributed by atoms with Crippen molar-refractivity contribution in [2.75, 3.05) is 5.32 Å². The lowest BCUT2D eigenvalue weighted by atomic mass is 10.1. The van der Waals surface area contributed by atoms with Crippen molar-refractivity contribution in [1.82, 2.24) is 15.0 Å². The maximum atomic E-state index is 6.27. The summed E-state index contributed by atoms with van der Waals surface area (Å²) in [4.78, 5) is 12.8. The largest absolute Gasteiger partial charge is 1.00 e. The first kappa shape index (κ1) is 20.0. The normalized spacial score (nSPS) is 10.2. The molecule has 4 rings (SSSR count). The Morgan fingerprint density at radius 1 is 0.786 bits per heavy atom. The van der Waals surface area contributed by atoms with Crippen LogP contribution in [0, 0.1) is 0 Å². The second-order valence-electron chi connectivity index (χ2n) is 5.70. The molecule has 3 heterocycles. The Bertz CT molecular complexity index is 1060. The van der Waals surface area contributed by atoms with E-state index in [9.17, 15) is 0 Å². The van der Waals surface area contributed by atoms with Crippen molar-refractivity contribution >= 4 is 34.7 Å². The van der Waals surface area contributed by atoms with E-state index in [1.165, 1.54) is 0 Å². The van der Waals surface area contributed by atoms with Gasteiger partial charge in [-0.25, -0.2) is 4.57 Å². The summed E-state index contributed by atoms with van der Waals surface area (Å²) in [6, 6.07) is 17.5. The summed E-state index contributed by atoms with van der Waals surface area (Å²) >= 11 is 12.5. The standard InChI is InChI=1S/C20H14Cl2N5.ClH/c21-17-18(22)25-20(26-19(17)24-16-4-2-1-3-5-16)27-12-8-15(9-13-27)14-6-10-23-11-7-14;/h1-13H,(H,24,25,26);1H/q+1;/p-1. The van der Waals surface area contributed by atoms with Gasteiger partial charge in [0.05, 0.1) is 12.4 Å². The number of para-hydroxylation sites is 1. The zero-order valence-electron chi connectivity index (χ0n) is 14.4. The van der Waals surface area contributed by atoms with Crippen LogP contribution in [0.4, 0.5) is 11.5 Å². The second kappa shape index (κ2) is 8.97. The molecule has 0 bridgehead atoms. The van der Waals surface area contributed by atoms with Gasteiger partial charge >= 0.3 is 5.95 Å². The first-order valence-corrected chi connectivity index (χ1v) is 8.93. The van der Waals surface area contributed by atoms with E-state index in [2.05, 4.69) is 20.3 Å². The molecule has 1 N–H and O–H groups in total. The quantitative estimate of drug-likeness (QED) is 0.397. The summed E-state index contributed by atoms with van der Waals surface area (Å²) in [5.41, 5.74) is 3.01. The van der Waals surface area contributed by atoms with Gasteiger partial charge in [-0.2, -0.15) is 0 Å². The van der Waals surface area contributed by atoms with E-state index < -0.39 is 0 Å². The van der Waals surface area contributed by atoms with E-state index >= 15 is 0 Å². The lowest BCUT2D eigenvalue weighted by Gasteiger charge is -2.06. The van der Waals surface area contributed by atoms with Crippen LogP contribution in [0.25, 0.3) is 17.1 Å². The van der Waals surface area contributed by atoms with Crippen LogP contribution in [0.3, 0.4) is 0 Å². The molecule has 1 aromatic carbocycles. The third kappa shape index (κ3) is 4.39. The van der Waals surface area contributed by atoms with E-state index in [-0.39, 0.29) is 22.6 Å². The Kier molecular flexibility index (Phi) is 6.41. The number of pyridine rings is 2. The van der Waals surface area contributed by atoms with Crippen LogP contribution in [0.15, 0.2) is 79.4 Å². The predicted molar refractivity (Wildman–Crippen MR) is 107 cm³/mol. The first-order valence-electron chi connectivity index (χ1n) is 8.18. The van der Waals surface area contributed by atoms with E-state index in [1.807, 2.05) is 67.0 Å². The van der Waals surface area contributed by atoms with Crippen LogP contribution >= 0.6 is 23.2 Å². The summed E-state index contributed by atoms with van der Waals surface area (Å²) in [5, 5.41) is 3.63. The summed E-state index contributed by atoms with van der Waals surface area (Å²) in [7, 11) is 0. The Labute approximate surface area is 178 Å². The van der Waals surface area contributed by atoms with Crippen molar-refractivity contribution in [3.8, 4) is 17.1 Å². The van der Waals surface area contributed by atoms with E-state index in [1.54, 1.807) is 17.0 Å². The van der Waals surface area contributed by atoms with Crippen molar-refractivity contribution in [2.24, 2.45) is 0 Å². The summed E-state index contributed by atoms with van der Waals surface area (Å²) < 4.78 is 1.78. The molecule has 0 saturated heterocycles. The van der Waals surface area contributed by atoms with Crippen LogP contribution < -0.4 is 22.3 Å². The molecule has 5 nitrogen and oxygen atoms in total. The monoisotopic (exact) mass is 429 g/mol. The number of hydrogen-bond acceptors (Lipinski definition) is 4. The Balaban J connectivity index is 0.00000225. The fraction of sp³-hybridized carbons (Fsp3) is 0. The van der Waals surface area contributed by atoms with E-state index in [0.29, 0.717) is 11.8 Å². The average Bonchev–Trinajstić information content (AvgIpc) is 2.73. The van der Waals surface area contributed by atoms with Gasteiger partial charge < -0.3 is 17.7 Å². The van der Waals surface area contributed by atoms with Crippen LogP contribution in [0.2, 0.25) is 10.2 Å². The highest BCUT2D eigenvalue weighted by Gasteiger charge is 2.21. The molecule has 0 aliphatic rings. The van der Waals surface area contributed by atoms with Crippen molar-refractivity contribution in [1.29, 1.82) is 0 Å². The fourth-order valence-electron chi connectivity index (χ4n) is 2.56. The van der Waals surface area contributed by atoms with Crippen molar-refractivity contribution in [3.05, 3.63) is 89.6 Å². The van der Waals surface area contributed by atoms with Crippen LogP contribution in [-0.2, 0) is 0 Å². The maximum absolute atomic E-state index is 6.27. The zero-order valence-corrected chi connectivity index (χ0v) is 16.7. The summed E-state index contributed by atoms with van der Waals surface area (Å²) in [6.07, 6.45) is 7.28. The van der Waals surface area contributed by atoms with Crippen LogP contribution in [0.1, 0.15) is 0 Å². The van der Waals surface area contributed by atoms with Gasteiger partial charge in [-0.3, -0.25) is 4.98 Å². The minimum Gasteiger partial charge on any atom is -1.00 e. The van der Waals surface area contributed by atoms with Crippen LogP contribution in [-0.4, -0.2) is 15.0 Å². The third-order valence-corrected chi connectivity index (χ3v) is 4.64. The Morgan fingerprint density at radius 3 is 2.11 bits per heavy atom. The van der Waals surface area contributed by atoms with Gasteiger partial charge in [0.1, 0.15) is 0 Å². The molecule has 0 amide bonds. The maximum Gasteiger partial charge on any atom is 0.440 e. The van der Waals surface area contributed by atoms with Crippen molar-refractivity contribution in [2.45, 2.75) is 0 Å². The second-order valence-corrected chi connectivity index (χ2v) is 6.43. The van der Waals surface area contributed by atoms with Crippen molar-refractivity contribution < 1.29 is 17.0 Å². The molecule has 140 valence electrons. The minimum absolute atomic E-state index is 0. The molecule has 0 saturated carbocycles. The first-order chi connectivity index (χ1) is 13.2. The lowest BCUT2D eigenvalue weighted by molar-refractivity contribution is -0.603. The molecule has 3 aromatic heterocycles. The molecule has 0 aliphatic heterocycles. The van der Waals surface area contributed by atoms with Gasteiger partial charge in [0.25, 0.3) is 0 Å². The molecular weight excluding hydrogens is 417 g/mol. The molecule has 4 aromatic rings. The fourth-order valence-corrected chi connectivity index (χ4v) is 2.86. The molecule has 8 heteroatoms. The van der Waals surface area contributed by atoms with Gasteiger partial charge in [-0.15, -0.1) is 0 Å². The number of benzene rings is 1. The van der Waals surface area contributed by atoms with Gasteiger partial charge in [-0.1, -0.05) is 34.8 Å². The smallest absolute Gasteiger partial charge is 0.440 e. The number of anilines is 2. The lowest BCUT2D eigenvalue weighted by Crippen LogP contribution is -3.00. The third-order valence-electron chi connectivity index (χ3n) is 3.91. The predicted octanol–water partition coefficient (Wildman–Crippen LogP) is 1.87. The molecule has 0 atom stereocenters. The molecule has 0 spiro atoms. The molecule has 0 radical (unpaired) electrons. The molecular formula is C20H14Cl3N5. The number of nitrogens with one attached hydrogen (secondary N) is 1. The van der Waals surface area contributed by atoms with Gasteiger partial charge in [0, 0.05) is 18.1 Å². The average molecular weight is 431 g/mol. The van der Waals surface area contributed by atoms with Crippen molar-refractivity contribution in [3.63, 3.8) is 0 Å². The Morgan fingerprint density at radius 2 is 1.43 bits per heavy atom. The molecule has 0 fully saturated rings. The number of aromatic nitrogens is 4. The topological polar surface area (TPSA) is 54.6 Å². The minimum atomic E-state index is 0. The highest BCUT2D eigenvalue weighted by molar-refractivity contribution is 6.42. The SMILES string of the molecule is Clc1nc(-[n+]2ccc(-c3ccncc3)cc2)nc(Nc2ccccc2)c1Cl.[Cl-]. The number of halogens is 3. The van der Waals surface area contributed by atoms with E-state index in [4.69, 9.17) is 23.2 Å².